The van der Waals surface area contributed by atoms with Crippen molar-refractivity contribution in [2.45, 2.75) is 19.4 Å². The van der Waals surface area contributed by atoms with Crippen LogP contribution in [0.4, 0.5) is 0 Å². The second-order valence-corrected chi connectivity index (χ2v) is 5.98. The number of aromatic nitrogens is 3. The van der Waals surface area contributed by atoms with Crippen LogP contribution in [0.2, 0.25) is 0 Å². The largest absolute Gasteiger partial charge is 0.458 e. The van der Waals surface area contributed by atoms with Gasteiger partial charge in [-0.2, -0.15) is 0 Å². The molecule has 3 aromatic rings. The molecule has 7 heteroatoms. The van der Waals surface area contributed by atoms with Crippen LogP contribution >= 0.6 is 0 Å². The van der Waals surface area contributed by atoms with Crippen molar-refractivity contribution in [3.63, 3.8) is 0 Å². The highest BCUT2D eigenvalue weighted by atomic mass is 16.3. The predicted molar refractivity (Wildman–Crippen MR) is 93.9 cm³/mol. The fourth-order valence-electron chi connectivity index (χ4n) is 2.70. The smallest absolute Gasteiger partial charge is 0.287 e. The van der Waals surface area contributed by atoms with Gasteiger partial charge < -0.3 is 15.5 Å². The van der Waals surface area contributed by atoms with E-state index in [2.05, 4.69) is 15.6 Å². The van der Waals surface area contributed by atoms with Crippen LogP contribution in [0.5, 0.6) is 0 Å². The second kappa shape index (κ2) is 7.31. The van der Waals surface area contributed by atoms with Crippen LogP contribution in [0.25, 0.3) is 11.3 Å². The molecule has 0 radical (unpaired) electrons. The Morgan fingerprint density at radius 3 is 2.88 bits per heavy atom. The average molecular weight is 339 g/mol. The summed E-state index contributed by atoms with van der Waals surface area (Å²) in [4.78, 5) is 12.5. The van der Waals surface area contributed by atoms with Crippen molar-refractivity contribution in [3.8, 4) is 11.3 Å². The Hall–Kier alpha value is -2.93. The van der Waals surface area contributed by atoms with Crippen LogP contribution in [0, 0.1) is 6.92 Å². The number of hydrogen-bond acceptors (Lipinski definition) is 5. The zero-order valence-corrected chi connectivity index (χ0v) is 14.3. The lowest BCUT2D eigenvalue weighted by Gasteiger charge is -2.17. The van der Waals surface area contributed by atoms with Gasteiger partial charge in [-0.05, 0) is 30.5 Å². The molecule has 0 saturated heterocycles. The van der Waals surface area contributed by atoms with Crippen LogP contribution < -0.4 is 11.1 Å². The molecule has 130 valence electrons. The summed E-state index contributed by atoms with van der Waals surface area (Å²) in [5.74, 6) is -0.0511. The van der Waals surface area contributed by atoms with Gasteiger partial charge in [-0.1, -0.05) is 29.5 Å². The molecule has 0 fully saturated rings. The summed E-state index contributed by atoms with van der Waals surface area (Å²) in [6.07, 6.45) is 3.81. The third-order valence-corrected chi connectivity index (χ3v) is 4.18. The molecule has 0 aliphatic carbocycles. The van der Waals surface area contributed by atoms with E-state index in [1.165, 1.54) is 17.4 Å². The molecule has 0 spiro atoms. The molecule has 0 unspecified atom stereocenters. The fraction of sp³-hybridized carbons (Fsp3) is 0.278. The minimum atomic E-state index is -0.287. The Bertz CT molecular complexity index is 868. The highest BCUT2D eigenvalue weighted by Gasteiger charge is 2.18. The summed E-state index contributed by atoms with van der Waals surface area (Å²) in [7, 11) is 1.78. The summed E-state index contributed by atoms with van der Waals surface area (Å²) in [5.41, 5.74) is 9.71. The number of furan rings is 1. The van der Waals surface area contributed by atoms with Crippen LogP contribution in [-0.2, 0) is 13.5 Å². The summed E-state index contributed by atoms with van der Waals surface area (Å²) in [5, 5.41) is 10.6. The standard InChI is InChI=1S/C18H21N5O2/c1-12-5-3-4-6-13(12)7-15(9-19)21-18(24)17-8-14(11-25-17)16-10-20-22-23(16)2/h3-6,8,10-11,15H,7,9,19H2,1-2H3,(H,21,24)/t15-/m0/s1. The molecular weight excluding hydrogens is 318 g/mol. The lowest BCUT2D eigenvalue weighted by atomic mass is 10.0. The zero-order valence-electron chi connectivity index (χ0n) is 14.3. The summed E-state index contributed by atoms with van der Waals surface area (Å²) >= 11 is 0. The first-order valence-electron chi connectivity index (χ1n) is 8.07. The van der Waals surface area contributed by atoms with E-state index < -0.39 is 0 Å². The molecule has 1 aromatic carbocycles. The van der Waals surface area contributed by atoms with E-state index >= 15 is 0 Å². The molecule has 0 aliphatic heterocycles. The van der Waals surface area contributed by atoms with Crippen molar-refractivity contribution in [1.82, 2.24) is 20.3 Å². The van der Waals surface area contributed by atoms with Crippen molar-refractivity contribution in [1.29, 1.82) is 0 Å². The molecule has 2 heterocycles. The van der Waals surface area contributed by atoms with Crippen molar-refractivity contribution in [2.24, 2.45) is 12.8 Å². The fourth-order valence-corrected chi connectivity index (χ4v) is 2.70. The molecule has 7 nitrogen and oxygen atoms in total. The van der Waals surface area contributed by atoms with E-state index in [4.69, 9.17) is 10.2 Å². The van der Waals surface area contributed by atoms with E-state index in [-0.39, 0.29) is 17.7 Å². The first kappa shape index (κ1) is 16.9. The van der Waals surface area contributed by atoms with Gasteiger partial charge in [0.15, 0.2) is 5.76 Å². The average Bonchev–Trinajstić information content (AvgIpc) is 3.24. The van der Waals surface area contributed by atoms with Crippen LogP contribution in [0.15, 0.2) is 47.2 Å². The molecule has 0 saturated carbocycles. The number of carbonyl (C=O) groups is 1. The normalized spacial score (nSPS) is 12.1. The molecule has 1 atom stereocenters. The maximum atomic E-state index is 12.5. The van der Waals surface area contributed by atoms with Crippen LogP contribution in [0.1, 0.15) is 21.7 Å². The van der Waals surface area contributed by atoms with Gasteiger partial charge in [-0.15, -0.1) is 5.10 Å². The number of hydrogen-bond donors (Lipinski definition) is 2. The van der Waals surface area contributed by atoms with E-state index in [1.54, 1.807) is 24.0 Å². The topological polar surface area (TPSA) is 99.0 Å². The predicted octanol–water partition coefficient (Wildman–Crippen LogP) is 1.68. The van der Waals surface area contributed by atoms with Crippen LogP contribution in [0.3, 0.4) is 0 Å². The highest BCUT2D eigenvalue weighted by molar-refractivity contribution is 5.92. The molecule has 25 heavy (non-hydrogen) atoms. The number of amides is 1. The van der Waals surface area contributed by atoms with Crippen molar-refractivity contribution >= 4 is 5.91 Å². The number of carbonyl (C=O) groups excluding carboxylic acids is 1. The SMILES string of the molecule is Cc1ccccc1C[C@@H](CN)NC(=O)c1cc(-c2cnnn2C)co1. The number of nitrogens with one attached hydrogen (secondary N) is 1. The van der Waals surface area contributed by atoms with Crippen molar-refractivity contribution < 1.29 is 9.21 Å². The monoisotopic (exact) mass is 339 g/mol. The molecule has 0 aliphatic rings. The van der Waals surface area contributed by atoms with Gasteiger partial charge in [0.1, 0.15) is 6.26 Å². The lowest BCUT2D eigenvalue weighted by Crippen LogP contribution is -2.41. The minimum Gasteiger partial charge on any atom is -0.458 e. The number of nitrogens with zero attached hydrogens (tertiary/aromatic N) is 3. The van der Waals surface area contributed by atoms with Gasteiger partial charge in [-0.25, -0.2) is 4.68 Å². The van der Waals surface area contributed by atoms with Gasteiger partial charge >= 0.3 is 0 Å². The highest BCUT2D eigenvalue weighted by Crippen LogP contribution is 2.20. The molecular formula is C18H21N5O2. The summed E-state index contributed by atoms with van der Waals surface area (Å²) in [6.45, 7) is 2.39. The van der Waals surface area contributed by atoms with E-state index in [0.717, 1.165) is 11.3 Å². The maximum Gasteiger partial charge on any atom is 0.287 e. The van der Waals surface area contributed by atoms with E-state index in [1.807, 2.05) is 31.2 Å². The Morgan fingerprint density at radius 2 is 2.20 bits per heavy atom. The third-order valence-electron chi connectivity index (χ3n) is 4.18. The minimum absolute atomic E-state index is 0.166. The Labute approximate surface area is 145 Å². The van der Waals surface area contributed by atoms with Gasteiger partial charge in [-0.3, -0.25) is 4.79 Å². The van der Waals surface area contributed by atoms with Gasteiger partial charge in [0.25, 0.3) is 5.91 Å². The Kier molecular flexibility index (Phi) is 4.95. The number of aryl methyl sites for hydroxylation is 2. The first-order valence-corrected chi connectivity index (χ1v) is 8.07. The molecule has 1 amide bonds. The zero-order chi connectivity index (χ0) is 17.8. The van der Waals surface area contributed by atoms with Crippen LogP contribution in [-0.4, -0.2) is 33.5 Å². The Balaban J connectivity index is 1.69. The van der Waals surface area contributed by atoms with Gasteiger partial charge in [0.05, 0.1) is 11.9 Å². The van der Waals surface area contributed by atoms with Gasteiger partial charge in [0.2, 0.25) is 0 Å². The van der Waals surface area contributed by atoms with E-state index in [9.17, 15) is 4.79 Å². The first-order chi connectivity index (χ1) is 12.1. The molecule has 0 bridgehead atoms. The third kappa shape index (κ3) is 3.77. The summed E-state index contributed by atoms with van der Waals surface area (Å²) in [6, 6.07) is 9.58. The number of benzene rings is 1. The second-order valence-electron chi connectivity index (χ2n) is 5.98. The summed E-state index contributed by atoms with van der Waals surface area (Å²) < 4.78 is 7.02. The Morgan fingerprint density at radius 1 is 1.40 bits per heavy atom. The number of nitrogens with two attached hydrogens (primary N) is 1. The lowest BCUT2D eigenvalue weighted by molar-refractivity contribution is 0.0910. The quantitative estimate of drug-likeness (QED) is 0.712. The van der Waals surface area contributed by atoms with Crippen molar-refractivity contribution in [2.75, 3.05) is 6.54 Å². The molecule has 2 aromatic heterocycles. The van der Waals surface area contributed by atoms with Crippen molar-refractivity contribution in [3.05, 3.63) is 59.7 Å². The maximum absolute atomic E-state index is 12.5. The van der Waals surface area contributed by atoms with Gasteiger partial charge in [0, 0.05) is 25.2 Å². The number of rotatable bonds is 6. The van der Waals surface area contributed by atoms with E-state index in [0.29, 0.717) is 13.0 Å². The molecule has 3 N–H and O–H groups in total. The molecule has 3 rings (SSSR count).